The Morgan fingerprint density at radius 1 is 0.405 bits per heavy atom. The Balaban J connectivity index is 0.925. The van der Waals surface area contributed by atoms with Crippen molar-refractivity contribution in [2.75, 3.05) is 0 Å². The number of hydrogen-bond donors (Lipinski definition) is 0. The van der Waals surface area contributed by atoms with Crippen LogP contribution >= 0.6 is 0 Å². The van der Waals surface area contributed by atoms with E-state index in [9.17, 15) is 5.48 Å². The topological polar surface area (TPSA) is 46.8 Å². The summed E-state index contributed by atoms with van der Waals surface area (Å²) in [5.41, 5.74) is 10.3. The average molecular weight is 1270 g/mol. The third-order valence-corrected chi connectivity index (χ3v) is 17.1. The predicted octanol–water partition coefficient (Wildman–Crippen LogP) is 19.6. The van der Waals surface area contributed by atoms with Gasteiger partial charge in [0.1, 0.15) is 0 Å². The zero-order valence-corrected chi connectivity index (χ0v) is 47.9. The van der Waals surface area contributed by atoms with Crippen molar-refractivity contribution >= 4 is 76.5 Å². The van der Waals surface area contributed by atoms with Crippen LogP contribution < -0.4 is 4.74 Å². The molecule has 11 aromatic carbocycles. The van der Waals surface area contributed by atoms with Crippen molar-refractivity contribution in [3.05, 3.63) is 282 Å². The van der Waals surface area contributed by atoms with Gasteiger partial charge in [-0.25, -0.2) is 0 Å². The van der Waals surface area contributed by atoms with Crippen molar-refractivity contribution < 1.29 is 37.8 Å². The number of hydrogen-bond acceptors (Lipinski definition) is 2. The molecule has 0 radical (unpaired) electrons. The van der Waals surface area contributed by atoms with E-state index in [2.05, 4.69) is 134 Å². The molecule has 404 valence electrons. The van der Waals surface area contributed by atoms with Crippen molar-refractivity contribution in [2.45, 2.75) is 26.2 Å². The van der Waals surface area contributed by atoms with Gasteiger partial charge in [0, 0.05) is 17.3 Å². The molecule has 0 aliphatic rings. The molecule has 0 spiro atoms. The maximum absolute atomic E-state index is 9.64. The Bertz CT molecular complexity index is 5800. The van der Waals surface area contributed by atoms with Crippen molar-refractivity contribution in [3.63, 3.8) is 0 Å². The fourth-order valence-corrected chi connectivity index (χ4v) is 13.5. The molecule has 0 bridgehead atoms. The first-order chi connectivity index (χ1) is 45.4. The van der Waals surface area contributed by atoms with Gasteiger partial charge in [0.25, 0.3) is 0 Å². The number of pyridine rings is 1. The number of rotatable bonds is 9. The van der Waals surface area contributed by atoms with E-state index in [1.165, 1.54) is 0 Å². The van der Waals surface area contributed by atoms with Crippen molar-refractivity contribution in [1.82, 2.24) is 27.8 Å². The second kappa shape index (κ2) is 19.5. The predicted molar refractivity (Wildman–Crippen MR) is 343 cm³/mol. The van der Waals surface area contributed by atoms with Crippen LogP contribution in [0.4, 0.5) is 0 Å². The number of nitrogens with zero attached hydrogens (tertiary/aromatic N) is 6. The fourth-order valence-electron chi connectivity index (χ4n) is 12.4. The van der Waals surface area contributed by atoms with Crippen molar-refractivity contribution in [2.24, 2.45) is 0 Å². The van der Waals surface area contributed by atoms with Crippen molar-refractivity contribution in [3.8, 4) is 62.3 Å². The molecule has 16 aromatic rings. The summed E-state index contributed by atoms with van der Waals surface area (Å²) >= 11 is 2.22. The summed E-state index contributed by atoms with van der Waals surface area (Å²) in [5, 5.41) is 6.12. The zero-order valence-electron chi connectivity index (χ0n) is 55.6. The van der Waals surface area contributed by atoms with Gasteiger partial charge < -0.3 is 4.57 Å². The number of ether oxygens (including phenoxy) is 1. The van der Waals surface area contributed by atoms with Crippen LogP contribution in [0.25, 0.3) is 127 Å². The van der Waals surface area contributed by atoms with E-state index in [1.54, 1.807) is 12.1 Å². The molecule has 84 heavy (non-hydrogen) atoms. The minimum absolute atomic E-state index is 0.148. The van der Waals surface area contributed by atoms with E-state index in [0.29, 0.717) is 37.7 Å². The molecule has 5 heterocycles. The molecule has 0 aliphatic heterocycles. The second-order valence-electron chi connectivity index (χ2n) is 22.0. The summed E-state index contributed by atoms with van der Waals surface area (Å²) in [6.45, 7) is 6.61. The Kier molecular flexibility index (Phi) is 9.35. The number of imidazole rings is 1. The van der Waals surface area contributed by atoms with E-state index in [0.717, 1.165) is 82.5 Å². The first-order valence-electron chi connectivity index (χ1n) is 32.7. The van der Waals surface area contributed by atoms with Gasteiger partial charge in [-0.1, -0.05) is 57.2 Å². The van der Waals surface area contributed by atoms with E-state index < -0.39 is 60.4 Å². The van der Waals surface area contributed by atoms with Crippen LogP contribution in [0.3, 0.4) is 0 Å². The van der Waals surface area contributed by atoms with Gasteiger partial charge in [0.15, 0.2) is 0 Å². The maximum atomic E-state index is 9.64. The quantitative estimate of drug-likeness (QED) is 0.145. The number of para-hydroxylation sites is 6. The standard InChI is InChI=1S/C76H54N6O.Pt/c1-76(2,3)52-42-43-77-72(44-52)82-71-48-57(38-39-60(71)61-40-41-70-73(75(61)82)62-32-15-18-35-67(62)80(70)53-26-11-6-12-27-53)83-56-29-21-28-54(45-56)78-49-79(69-37-20-19-36-68(69)78)74-63(50-22-7-4-8-23-50)46-55(47-64(74)51-24-9-5-10-25-51)81-65-33-16-13-30-58(65)59-31-14-17-34-66(59)81;/h4-48H,1-3H3;/i4D,5D,7D,8D,9D,10D,22D,23D,24D,25D;. The Labute approximate surface area is 510 Å². The monoisotopic (exact) mass is 1270 g/mol. The summed E-state index contributed by atoms with van der Waals surface area (Å²) in [6, 6.07) is 63.0. The molecule has 0 fully saturated rings. The first kappa shape index (κ1) is 40.2. The van der Waals surface area contributed by atoms with Crippen LogP contribution in [0.1, 0.15) is 40.0 Å². The number of fused-ring (bicyclic) bond motifs is 11. The second-order valence-corrected chi connectivity index (χ2v) is 23.0. The van der Waals surface area contributed by atoms with E-state index in [-0.39, 0.29) is 33.4 Å². The number of aromatic nitrogens is 6. The normalized spacial score (nSPS) is 13.7. The zero-order chi connectivity index (χ0) is 64.9. The Morgan fingerprint density at radius 3 is 1.60 bits per heavy atom. The summed E-state index contributed by atoms with van der Waals surface area (Å²) in [5.74, 6) is 1.85. The van der Waals surface area contributed by atoms with Gasteiger partial charge in [-0.2, -0.15) is 0 Å². The van der Waals surface area contributed by atoms with Gasteiger partial charge in [0.2, 0.25) is 0 Å². The summed E-state index contributed by atoms with van der Waals surface area (Å²) < 4.78 is 110. The van der Waals surface area contributed by atoms with Gasteiger partial charge in [-0.3, -0.25) is 0 Å². The van der Waals surface area contributed by atoms with E-state index >= 15 is 0 Å². The first-order valence-corrected chi connectivity index (χ1v) is 28.8. The van der Waals surface area contributed by atoms with Crippen LogP contribution in [-0.2, 0) is 24.8 Å². The molecule has 8 heteroatoms. The summed E-state index contributed by atoms with van der Waals surface area (Å²) in [7, 11) is 0. The average Bonchev–Trinajstić information content (AvgIpc) is 1.46. The molecule has 0 unspecified atom stereocenters. The molecule has 7 nitrogen and oxygen atoms in total. The van der Waals surface area contributed by atoms with Crippen LogP contribution in [0, 0.1) is 3.80 Å². The van der Waals surface area contributed by atoms with Crippen LogP contribution in [0.15, 0.2) is 273 Å². The third kappa shape index (κ3) is 7.91. The fraction of sp³-hybridized carbons (Fsp3) is 0.0526. The van der Waals surface area contributed by atoms with Crippen molar-refractivity contribution in [1.29, 1.82) is 0 Å². The molecule has 0 atom stereocenters. The van der Waals surface area contributed by atoms with Gasteiger partial charge in [-0.15, -0.1) is 0 Å². The molecule has 0 amide bonds. The molecule has 0 N–H and O–H groups in total. The summed E-state index contributed by atoms with van der Waals surface area (Å²) in [4.78, 5) is 5.11. The summed E-state index contributed by atoms with van der Waals surface area (Å²) in [6.07, 6.45) is 1.89. The van der Waals surface area contributed by atoms with Gasteiger partial charge >= 0.3 is 381 Å². The molecule has 16 rings (SSSR count). The minimum atomic E-state index is -0.583. The van der Waals surface area contributed by atoms with Gasteiger partial charge in [0.05, 0.1) is 11.0 Å². The molecule has 0 saturated carbocycles. The molecule has 0 aliphatic carbocycles. The number of benzene rings is 11. The third-order valence-electron chi connectivity index (χ3n) is 16.1. The SMILES string of the molecule is [2H]c1c([2H])c([2H])c(-c2cc(-n3c4ccccc4c4ccccc43)cc(-c3c([2H])c([2H])c([2H])c([2H])c3[2H])c2-n2[c](=[Pt])n(-c3cccc(Oc4ccc5c6ccc7c(c8ccccc8n7-c7ccccc7)c6n(-c6cc(C(C)(C)C)ccn6)c5c4)c3)c3ccccc32)c([2H])c1[2H]. The Morgan fingerprint density at radius 2 is 0.940 bits per heavy atom. The van der Waals surface area contributed by atoms with E-state index in [1.807, 2.05) is 129 Å². The van der Waals surface area contributed by atoms with E-state index in [4.69, 9.17) is 17.9 Å². The Hall–Kier alpha value is -10.1. The molecular weight excluding hydrogens is 1210 g/mol. The van der Waals surface area contributed by atoms with Crippen LogP contribution in [0.2, 0.25) is 0 Å². The van der Waals surface area contributed by atoms with Gasteiger partial charge in [-0.05, 0) is 41.3 Å². The molecule has 5 aromatic heterocycles. The van der Waals surface area contributed by atoms with Crippen LogP contribution in [-0.4, -0.2) is 27.8 Å². The van der Waals surface area contributed by atoms with Crippen LogP contribution in [0.5, 0.6) is 11.5 Å². The molecule has 0 saturated heterocycles. The molecular formula is C76H54N6OPt.